The Morgan fingerprint density at radius 3 is 1.95 bits per heavy atom. The van der Waals surface area contributed by atoms with E-state index in [1.165, 1.54) is 38.6 Å². The second kappa shape index (κ2) is 12.6. The van der Waals surface area contributed by atoms with E-state index in [-0.39, 0.29) is 5.92 Å². The number of nitrogens with zero attached hydrogens (tertiary/aromatic N) is 3. The van der Waals surface area contributed by atoms with Crippen LogP contribution in [0, 0.1) is 0 Å². The standard InChI is InChI=1S/C52H33N3O2/c1-2-13-31(14-3-1)50-53-51(41-21-12-24-47-48(41)40-20-9-11-23-46(40)56-47)55-52(54-50)44-30-35(29-43-39-19-8-10-22-45(39)57-49(43)44)36-26-25-34-27-32-15-4-5-16-33(32)28-42(34)38-18-7-6-17-37(36)38/h1-24,27-30,36H,25-26H2. The number of para-hydroxylation sites is 2. The van der Waals surface area contributed by atoms with E-state index < -0.39 is 0 Å². The van der Waals surface area contributed by atoms with Gasteiger partial charge in [-0.2, -0.15) is 0 Å². The van der Waals surface area contributed by atoms with Gasteiger partial charge in [0.2, 0.25) is 0 Å². The van der Waals surface area contributed by atoms with E-state index >= 15 is 0 Å². The third-order valence-electron chi connectivity index (χ3n) is 11.8. The molecule has 0 spiro atoms. The van der Waals surface area contributed by atoms with Crippen molar-refractivity contribution < 1.29 is 8.83 Å². The highest BCUT2D eigenvalue weighted by molar-refractivity contribution is 6.12. The molecule has 0 N–H and O–H groups in total. The highest BCUT2D eigenvalue weighted by Gasteiger charge is 2.27. The number of aromatic nitrogens is 3. The van der Waals surface area contributed by atoms with Gasteiger partial charge < -0.3 is 8.83 Å². The van der Waals surface area contributed by atoms with Gasteiger partial charge in [0.1, 0.15) is 22.3 Å². The van der Waals surface area contributed by atoms with Gasteiger partial charge in [0.25, 0.3) is 0 Å². The van der Waals surface area contributed by atoms with Crippen LogP contribution in [0.2, 0.25) is 0 Å². The number of hydrogen-bond acceptors (Lipinski definition) is 5. The summed E-state index contributed by atoms with van der Waals surface area (Å²) in [6, 6.07) is 59.7. The van der Waals surface area contributed by atoms with Gasteiger partial charge in [0, 0.05) is 38.6 Å². The number of aryl methyl sites for hydroxylation is 1. The molecular formula is C52H33N3O2. The molecule has 8 aromatic carbocycles. The Labute approximate surface area is 327 Å². The molecule has 57 heavy (non-hydrogen) atoms. The van der Waals surface area contributed by atoms with Crippen LogP contribution in [0.3, 0.4) is 0 Å². The first-order chi connectivity index (χ1) is 28.2. The van der Waals surface area contributed by atoms with Crippen LogP contribution in [0.5, 0.6) is 0 Å². The Balaban J connectivity index is 1.11. The molecule has 12 rings (SSSR count). The Hall–Kier alpha value is -7.37. The largest absolute Gasteiger partial charge is 0.456 e. The molecule has 0 bridgehead atoms. The van der Waals surface area contributed by atoms with Crippen LogP contribution < -0.4 is 0 Å². The summed E-state index contributed by atoms with van der Waals surface area (Å²) in [5, 5.41) is 6.66. The van der Waals surface area contributed by atoms with Gasteiger partial charge in [-0.1, -0.05) is 133 Å². The highest BCUT2D eigenvalue weighted by atomic mass is 16.3. The lowest BCUT2D eigenvalue weighted by molar-refractivity contribution is 0.668. The molecular weight excluding hydrogens is 699 g/mol. The van der Waals surface area contributed by atoms with Gasteiger partial charge in [-0.15, -0.1) is 0 Å². The number of rotatable bonds is 4. The molecule has 268 valence electrons. The van der Waals surface area contributed by atoms with E-state index in [1.807, 2.05) is 72.8 Å². The van der Waals surface area contributed by atoms with Crippen molar-refractivity contribution in [3.63, 3.8) is 0 Å². The Kier molecular flexibility index (Phi) is 7.05. The predicted molar refractivity (Wildman–Crippen MR) is 230 cm³/mol. The summed E-state index contributed by atoms with van der Waals surface area (Å²) in [6.07, 6.45) is 1.91. The molecule has 1 atom stereocenters. The fraction of sp³-hybridized carbons (Fsp3) is 0.0577. The number of fused-ring (bicyclic) bond motifs is 10. The van der Waals surface area contributed by atoms with Crippen molar-refractivity contribution in [2.45, 2.75) is 18.8 Å². The topological polar surface area (TPSA) is 65.0 Å². The zero-order chi connectivity index (χ0) is 37.5. The zero-order valence-electron chi connectivity index (χ0n) is 30.8. The summed E-state index contributed by atoms with van der Waals surface area (Å²) in [4.78, 5) is 15.8. The minimum atomic E-state index is 0.120. The average molecular weight is 732 g/mol. The summed E-state index contributed by atoms with van der Waals surface area (Å²) < 4.78 is 13.1. The van der Waals surface area contributed by atoms with Crippen LogP contribution in [-0.4, -0.2) is 15.0 Å². The molecule has 3 aromatic heterocycles. The molecule has 0 amide bonds. The third kappa shape index (κ3) is 5.13. The average Bonchev–Trinajstić information content (AvgIpc) is 3.80. The van der Waals surface area contributed by atoms with Gasteiger partial charge in [-0.3, -0.25) is 0 Å². The third-order valence-corrected chi connectivity index (χ3v) is 11.8. The molecule has 1 aliphatic carbocycles. The van der Waals surface area contributed by atoms with Gasteiger partial charge in [-0.25, -0.2) is 15.0 Å². The second-order valence-electron chi connectivity index (χ2n) is 15.0. The molecule has 11 aromatic rings. The van der Waals surface area contributed by atoms with Gasteiger partial charge >= 0.3 is 0 Å². The summed E-state index contributed by atoms with van der Waals surface area (Å²) in [5.41, 5.74) is 12.4. The smallest absolute Gasteiger partial charge is 0.167 e. The zero-order valence-corrected chi connectivity index (χ0v) is 30.8. The van der Waals surface area contributed by atoms with Crippen LogP contribution >= 0.6 is 0 Å². The number of furan rings is 2. The molecule has 0 radical (unpaired) electrons. The summed E-state index contributed by atoms with van der Waals surface area (Å²) in [6.45, 7) is 0. The van der Waals surface area contributed by atoms with Crippen LogP contribution in [0.25, 0.3) is 99.9 Å². The lowest BCUT2D eigenvalue weighted by Gasteiger charge is -2.20. The van der Waals surface area contributed by atoms with Gasteiger partial charge in [-0.05, 0) is 87.8 Å². The van der Waals surface area contributed by atoms with E-state index in [9.17, 15) is 0 Å². The van der Waals surface area contributed by atoms with Crippen LogP contribution in [0.4, 0.5) is 0 Å². The van der Waals surface area contributed by atoms with Crippen molar-refractivity contribution in [2.24, 2.45) is 0 Å². The van der Waals surface area contributed by atoms with E-state index in [0.717, 1.165) is 73.4 Å². The molecule has 5 nitrogen and oxygen atoms in total. The number of hydrogen-bond donors (Lipinski definition) is 0. The first kappa shape index (κ1) is 31.9. The summed E-state index contributed by atoms with van der Waals surface area (Å²) >= 11 is 0. The van der Waals surface area contributed by atoms with Gasteiger partial charge in [0.05, 0.1) is 5.56 Å². The van der Waals surface area contributed by atoms with Gasteiger partial charge in [0.15, 0.2) is 17.5 Å². The van der Waals surface area contributed by atoms with Crippen molar-refractivity contribution >= 4 is 54.6 Å². The molecule has 0 saturated heterocycles. The van der Waals surface area contributed by atoms with Crippen LogP contribution in [-0.2, 0) is 6.42 Å². The molecule has 1 aliphatic rings. The molecule has 5 heteroatoms. The first-order valence-corrected chi connectivity index (χ1v) is 19.5. The Morgan fingerprint density at radius 1 is 0.439 bits per heavy atom. The van der Waals surface area contributed by atoms with E-state index in [2.05, 4.69) is 97.1 Å². The molecule has 0 fully saturated rings. The molecule has 0 aliphatic heterocycles. The van der Waals surface area contributed by atoms with Crippen molar-refractivity contribution in [3.8, 4) is 45.3 Å². The maximum absolute atomic E-state index is 6.76. The number of benzene rings is 8. The molecule has 0 saturated carbocycles. The fourth-order valence-electron chi connectivity index (χ4n) is 9.10. The van der Waals surface area contributed by atoms with Crippen molar-refractivity contribution in [3.05, 3.63) is 187 Å². The Bertz CT molecular complexity index is 3380. The SMILES string of the molecule is c1ccc(-c2nc(-c3cc(C4CCc5cc6ccccc6cc5-c5ccccc54)cc4c3oc3ccccc34)nc(-c3cccc4oc5ccccc5c34)n2)cc1. The lowest BCUT2D eigenvalue weighted by Crippen LogP contribution is -2.04. The fourth-order valence-corrected chi connectivity index (χ4v) is 9.10. The highest BCUT2D eigenvalue weighted by Crippen LogP contribution is 2.46. The lowest BCUT2D eigenvalue weighted by atomic mass is 9.84. The monoisotopic (exact) mass is 731 g/mol. The summed E-state index contributed by atoms with van der Waals surface area (Å²) in [7, 11) is 0. The second-order valence-corrected chi connectivity index (χ2v) is 15.0. The van der Waals surface area contributed by atoms with E-state index in [1.54, 1.807) is 0 Å². The van der Waals surface area contributed by atoms with E-state index in [0.29, 0.717) is 17.5 Å². The van der Waals surface area contributed by atoms with Crippen molar-refractivity contribution in [1.82, 2.24) is 15.0 Å². The first-order valence-electron chi connectivity index (χ1n) is 19.5. The maximum Gasteiger partial charge on any atom is 0.167 e. The predicted octanol–water partition coefficient (Wildman–Crippen LogP) is 13.6. The molecule has 1 unspecified atom stereocenters. The maximum atomic E-state index is 6.76. The van der Waals surface area contributed by atoms with Crippen LogP contribution in [0.1, 0.15) is 29.0 Å². The quantitative estimate of drug-likeness (QED) is 0.180. The Morgan fingerprint density at radius 2 is 1.09 bits per heavy atom. The summed E-state index contributed by atoms with van der Waals surface area (Å²) in [5.74, 6) is 1.85. The normalized spacial score (nSPS) is 14.0. The molecule has 3 heterocycles. The van der Waals surface area contributed by atoms with Crippen molar-refractivity contribution in [2.75, 3.05) is 0 Å². The minimum Gasteiger partial charge on any atom is -0.456 e. The van der Waals surface area contributed by atoms with Crippen molar-refractivity contribution in [1.29, 1.82) is 0 Å². The van der Waals surface area contributed by atoms with Crippen LogP contribution in [0.15, 0.2) is 179 Å². The van der Waals surface area contributed by atoms with E-state index in [4.69, 9.17) is 23.8 Å². The minimum absolute atomic E-state index is 0.120.